The van der Waals surface area contributed by atoms with Gasteiger partial charge in [-0.1, -0.05) is 0 Å². The largest absolute Gasteiger partial charge is 0.320 e. The number of nitrogens with zero attached hydrogens (tertiary/aromatic N) is 3. The van der Waals surface area contributed by atoms with Gasteiger partial charge in [0.1, 0.15) is 0 Å². The van der Waals surface area contributed by atoms with Gasteiger partial charge in [-0.2, -0.15) is 9.47 Å². The fourth-order valence-corrected chi connectivity index (χ4v) is 2.23. The summed E-state index contributed by atoms with van der Waals surface area (Å²) in [5, 5.41) is 8.82. The van der Waals surface area contributed by atoms with Gasteiger partial charge in [-0.3, -0.25) is 9.48 Å². The molecule has 0 spiro atoms. The molecule has 1 N–H and O–H groups in total. The molecule has 2 rings (SSSR count). The van der Waals surface area contributed by atoms with Crippen LogP contribution in [0, 0.1) is 13.8 Å². The number of carbonyl (C=O) groups excluding carboxylic acids is 1. The summed E-state index contributed by atoms with van der Waals surface area (Å²) in [6.45, 7) is 6.52. The molecule has 0 aliphatic heterocycles. The molecule has 0 fully saturated rings. The monoisotopic (exact) mass is 250 g/mol. The highest BCUT2D eigenvalue weighted by molar-refractivity contribution is 7.04. The van der Waals surface area contributed by atoms with Crippen LogP contribution >= 0.6 is 11.5 Å². The molecule has 0 radical (unpaired) electrons. The van der Waals surface area contributed by atoms with Crippen molar-refractivity contribution in [2.45, 2.75) is 27.3 Å². The predicted molar refractivity (Wildman–Crippen MR) is 67.4 cm³/mol. The zero-order valence-electron chi connectivity index (χ0n) is 10.0. The maximum atomic E-state index is 12.0. The number of hydrogen-bond acceptors (Lipinski definition) is 4. The molecule has 0 saturated carbocycles. The van der Waals surface area contributed by atoms with Gasteiger partial charge in [0, 0.05) is 17.6 Å². The van der Waals surface area contributed by atoms with E-state index in [1.807, 2.05) is 26.2 Å². The first-order valence-electron chi connectivity index (χ1n) is 5.38. The van der Waals surface area contributed by atoms with Crippen LogP contribution in [0.5, 0.6) is 0 Å². The third-order valence-electron chi connectivity index (χ3n) is 2.65. The van der Waals surface area contributed by atoms with Crippen molar-refractivity contribution >= 4 is 23.1 Å². The molecular formula is C11H14N4OS. The van der Waals surface area contributed by atoms with E-state index in [1.165, 1.54) is 11.5 Å². The minimum atomic E-state index is -0.134. The van der Waals surface area contributed by atoms with Crippen LogP contribution in [0.25, 0.3) is 0 Å². The molecule has 2 aromatic rings. The van der Waals surface area contributed by atoms with Gasteiger partial charge in [0.05, 0.1) is 23.1 Å². The zero-order chi connectivity index (χ0) is 12.4. The molecule has 90 valence electrons. The first-order valence-corrected chi connectivity index (χ1v) is 6.22. The minimum absolute atomic E-state index is 0.134. The minimum Gasteiger partial charge on any atom is -0.320 e. The first-order chi connectivity index (χ1) is 8.13. The standard InChI is InChI=1S/C11H14N4OS/c1-4-15-8(3)9(5-12-15)11(16)13-10-6-17-14-7(10)2/h5-6H,4H2,1-3H3,(H,13,16). The van der Waals surface area contributed by atoms with Gasteiger partial charge < -0.3 is 5.32 Å². The summed E-state index contributed by atoms with van der Waals surface area (Å²) in [4.78, 5) is 12.0. The lowest BCUT2D eigenvalue weighted by atomic mass is 10.2. The molecule has 2 aromatic heterocycles. The van der Waals surface area contributed by atoms with Crippen LogP contribution in [0.4, 0.5) is 5.69 Å². The Morgan fingerprint density at radius 2 is 2.29 bits per heavy atom. The van der Waals surface area contributed by atoms with Gasteiger partial charge in [-0.05, 0) is 32.3 Å². The maximum absolute atomic E-state index is 12.0. The summed E-state index contributed by atoms with van der Waals surface area (Å²) in [5.41, 5.74) is 3.09. The van der Waals surface area contributed by atoms with E-state index in [9.17, 15) is 4.79 Å². The quantitative estimate of drug-likeness (QED) is 0.908. The molecular weight excluding hydrogens is 236 g/mol. The average molecular weight is 250 g/mol. The lowest BCUT2D eigenvalue weighted by Gasteiger charge is -2.03. The van der Waals surface area contributed by atoms with Crippen LogP contribution in [0.1, 0.15) is 28.7 Å². The number of nitrogens with one attached hydrogen (secondary N) is 1. The highest BCUT2D eigenvalue weighted by Gasteiger charge is 2.14. The second-order valence-corrected chi connectivity index (χ2v) is 4.36. The second kappa shape index (κ2) is 4.67. The highest BCUT2D eigenvalue weighted by Crippen LogP contribution is 2.17. The lowest BCUT2D eigenvalue weighted by molar-refractivity contribution is 0.102. The fraction of sp³-hybridized carbons (Fsp3) is 0.364. The normalized spacial score (nSPS) is 10.5. The number of anilines is 1. The summed E-state index contributed by atoms with van der Waals surface area (Å²) in [6, 6.07) is 0. The van der Waals surface area contributed by atoms with Crippen LogP contribution in [-0.4, -0.2) is 20.1 Å². The number of aromatic nitrogens is 3. The molecule has 1 amide bonds. The highest BCUT2D eigenvalue weighted by atomic mass is 32.1. The second-order valence-electron chi connectivity index (χ2n) is 3.73. The summed E-state index contributed by atoms with van der Waals surface area (Å²) in [6.07, 6.45) is 1.60. The molecule has 17 heavy (non-hydrogen) atoms. The summed E-state index contributed by atoms with van der Waals surface area (Å²) < 4.78 is 5.91. The Labute approximate surface area is 104 Å². The van der Waals surface area contributed by atoms with Crippen molar-refractivity contribution in [3.05, 3.63) is 28.5 Å². The zero-order valence-corrected chi connectivity index (χ0v) is 10.8. The molecule has 0 aliphatic rings. The van der Waals surface area contributed by atoms with Gasteiger partial charge in [0.25, 0.3) is 5.91 Å². The van der Waals surface area contributed by atoms with Crippen LogP contribution in [0.3, 0.4) is 0 Å². The van der Waals surface area contributed by atoms with Crippen LogP contribution < -0.4 is 5.32 Å². The topological polar surface area (TPSA) is 59.8 Å². The van der Waals surface area contributed by atoms with Crippen molar-refractivity contribution in [3.8, 4) is 0 Å². The Kier molecular flexibility index (Phi) is 3.23. The third kappa shape index (κ3) is 2.21. The van der Waals surface area contributed by atoms with E-state index >= 15 is 0 Å². The lowest BCUT2D eigenvalue weighted by Crippen LogP contribution is -2.13. The van der Waals surface area contributed by atoms with E-state index in [0.717, 1.165) is 23.6 Å². The van der Waals surface area contributed by atoms with Gasteiger partial charge >= 0.3 is 0 Å². The number of amides is 1. The molecule has 0 saturated heterocycles. The Balaban J connectivity index is 2.20. The van der Waals surface area contributed by atoms with E-state index in [2.05, 4.69) is 14.8 Å². The Morgan fingerprint density at radius 1 is 1.53 bits per heavy atom. The van der Waals surface area contributed by atoms with Crippen molar-refractivity contribution in [3.63, 3.8) is 0 Å². The summed E-state index contributed by atoms with van der Waals surface area (Å²) >= 11 is 1.33. The maximum Gasteiger partial charge on any atom is 0.259 e. The van der Waals surface area contributed by atoms with E-state index in [0.29, 0.717) is 5.56 Å². The molecule has 0 aromatic carbocycles. The van der Waals surface area contributed by atoms with Crippen molar-refractivity contribution < 1.29 is 4.79 Å². The van der Waals surface area contributed by atoms with Gasteiger partial charge in [-0.25, -0.2) is 0 Å². The molecule has 0 unspecified atom stereocenters. The van der Waals surface area contributed by atoms with E-state index in [1.54, 1.807) is 10.9 Å². The number of rotatable bonds is 3. The van der Waals surface area contributed by atoms with E-state index in [4.69, 9.17) is 0 Å². The average Bonchev–Trinajstić information content (AvgIpc) is 2.86. The van der Waals surface area contributed by atoms with Crippen molar-refractivity contribution in [1.82, 2.24) is 14.2 Å². The van der Waals surface area contributed by atoms with Gasteiger partial charge in [-0.15, -0.1) is 0 Å². The van der Waals surface area contributed by atoms with E-state index < -0.39 is 0 Å². The Hall–Kier alpha value is -1.69. The fourth-order valence-electron chi connectivity index (χ4n) is 1.59. The molecule has 5 nitrogen and oxygen atoms in total. The van der Waals surface area contributed by atoms with Crippen LogP contribution in [0.15, 0.2) is 11.6 Å². The summed E-state index contributed by atoms with van der Waals surface area (Å²) in [7, 11) is 0. The number of hydrogen-bond donors (Lipinski definition) is 1. The predicted octanol–water partition coefficient (Wildman–Crippen LogP) is 2.23. The van der Waals surface area contributed by atoms with Crippen molar-refractivity contribution in [2.24, 2.45) is 0 Å². The molecule has 2 heterocycles. The van der Waals surface area contributed by atoms with Crippen molar-refractivity contribution in [2.75, 3.05) is 5.32 Å². The number of aryl methyl sites for hydroxylation is 2. The summed E-state index contributed by atoms with van der Waals surface area (Å²) in [5.74, 6) is -0.134. The molecule has 6 heteroatoms. The van der Waals surface area contributed by atoms with Crippen LogP contribution in [-0.2, 0) is 6.54 Å². The third-order valence-corrected chi connectivity index (χ3v) is 3.37. The smallest absolute Gasteiger partial charge is 0.259 e. The van der Waals surface area contributed by atoms with Gasteiger partial charge in [0.2, 0.25) is 0 Å². The van der Waals surface area contributed by atoms with Gasteiger partial charge in [0.15, 0.2) is 0 Å². The first kappa shape index (κ1) is 11.8. The van der Waals surface area contributed by atoms with E-state index in [-0.39, 0.29) is 5.91 Å². The molecule has 0 atom stereocenters. The number of carbonyl (C=O) groups is 1. The molecule has 0 bridgehead atoms. The SMILES string of the molecule is CCn1ncc(C(=O)Nc2csnc2C)c1C. The van der Waals surface area contributed by atoms with Crippen molar-refractivity contribution in [1.29, 1.82) is 0 Å². The molecule has 0 aliphatic carbocycles. The Bertz CT molecular complexity index is 543. The van der Waals surface area contributed by atoms with Crippen LogP contribution in [0.2, 0.25) is 0 Å². The Morgan fingerprint density at radius 3 is 2.82 bits per heavy atom.